The van der Waals surface area contributed by atoms with Crippen LogP contribution in [0.3, 0.4) is 0 Å². The number of amides is 1. The van der Waals surface area contributed by atoms with Crippen LogP contribution in [0.1, 0.15) is 11.3 Å². The fourth-order valence-corrected chi connectivity index (χ4v) is 2.59. The van der Waals surface area contributed by atoms with E-state index in [0.717, 1.165) is 18.2 Å². The van der Waals surface area contributed by atoms with Gasteiger partial charge >= 0.3 is 6.18 Å². The number of anilines is 1. The molecule has 0 atom stereocenters. The quantitative estimate of drug-likeness (QED) is 0.253. The standard InChI is InChI=1S/C21H12F3N3O4/c22-21(23,24)15-3-1-2-13(10-15)19-9-8-18(31-19)11-14(12-25)20(28)26-16-4-6-17(7-5-16)27(29)30/h1-11H,(H,26,28)/b14-11+. The lowest BCUT2D eigenvalue weighted by atomic mass is 10.1. The van der Waals surface area contributed by atoms with Crippen LogP contribution in [0.2, 0.25) is 0 Å². The van der Waals surface area contributed by atoms with E-state index in [0.29, 0.717) is 0 Å². The van der Waals surface area contributed by atoms with Crippen LogP contribution in [0.25, 0.3) is 17.4 Å². The zero-order chi connectivity index (χ0) is 22.6. The molecule has 0 radical (unpaired) electrons. The van der Waals surface area contributed by atoms with Crippen molar-refractivity contribution in [3.05, 3.63) is 87.7 Å². The van der Waals surface area contributed by atoms with E-state index < -0.39 is 22.6 Å². The number of rotatable bonds is 5. The van der Waals surface area contributed by atoms with Crippen molar-refractivity contribution < 1.29 is 27.3 Å². The summed E-state index contributed by atoms with van der Waals surface area (Å²) in [6.07, 6.45) is -3.37. The third-order valence-electron chi connectivity index (χ3n) is 4.09. The van der Waals surface area contributed by atoms with Crippen molar-refractivity contribution in [1.82, 2.24) is 0 Å². The fraction of sp³-hybridized carbons (Fsp3) is 0.0476. The first-order valence-electron chi connectivity index (χ1n) is 8.62. The third kappa shape index (κ3) is 5.16. The number of halogens is 3. The van der Waals surface area contributed by atoms with Gasteiger partial charge in [0.05, 0.1) is 10.5 Å². The molecular weight excluding hydrogens is 415 g/mol. The van der Waals surface area contributed by atoms with Crippen LogP contribution in [0, 0.1) is 21.4 Å². The highest BCUT2D eigenvalue weighted by molar-refractivity contribution is 6.09. The molecule has 0 bridgehead atoms. The summed E-state index contributed by atoms with van der Waals surface area (Å²) < 4.78 is 44.1. The number of nitriles is 1. The van der Waals surface area contributed by atoms with Gasteiger partial charge in [-0.05, 0) is 36.4 Å². The molecule has 2 aromatic carbocycles. The Labute approximate surface area is 173 Å². The number of nitro groups is 1. The summed E-state index contributed by atoms with van der Waals surface area (Å²) in [5.74, 6) is -0.568. The molecule has 0 aliphatic rings. The maximum Gasteiger partial charge on any atom is 0.416 e. The van der Waals surface area contributed by atoms with Gasteiger partial charge < -0.3 is 9.73 Å². The number of nitrogens with one attached hydrogen (secondary N) is 1. The van der Waals surface area contributed by atoms with Crippen molar-refractivity contribution in [1.29, 1.82) is 5.26 Å². The van der Waals surface area contributed by atoms with Crippen molar-refractivity contribution in [3.8, 4) is 17.4 Å². The Balaban J connectivity index is 1.79. The Kier molecular flexibility index (Phi) is 5.88. The Morgan fingerprint density at radius 1 is 1.13 bits per heavy atom. The number of hydrogen-bond donors (Lipinski definition) is 1. The van der Waals surface area contributed by atoms with Gasteiger partial charge in [-0.3, -0.25) is 14.9 Å². The molecular formula is C21H12F3N3O4. The lowest BCUT2D eigenvalue weighted by molar-refractivity contribution is -0.384. The van der Waals surface area contributed by atoms with E-state index in [1.165, 1.54) is 48.5 Å². The molecule has 1 amide bonds. The van der Waals surface area contributed by atoms with Crippen LogP contribution in [-0.4, -0.2) is 10.8 Å². The molecule has 7 nitrogen and oxygen atoms in total. The molecule has 0 saturated heterocycles. The van der Waals surface area contributed by atoms with Gasteiger partial charge in [0.1, 0.15) is 23.2 Å². The van der Waals surface area contributed by atoms with Crippen molar-refractivity contribution >= 4 is 23.4 Å². The highest BCUT2D eigenvalue weighted by atomic mass is 19.4. The average molecular weight is 427 g/mol. The topological polar surface area (TPSA) is 109 Å². The van der Waals surface area contributed by atoms with Crippen LogP contribution in [0.15, 0.2) is 70.7 Å². The summed E-state index contributed by atoms with van der Waals surface area (Å²) in [6.45, 7) is 0. The number of carbonyl (C=O) groups is 1. The SMILES string of the molecule is N#C/C(=C\c1ccc(-c2cccc(C(F)(F)F)c2)o1)C(=O)Nc1ccc([N+](=O)[O-])cc1. The van der Waals surface area contributed by atoms with Crippen LogP contribution in [0.5, 0.6) is 0 Å². The average Bonchev–Trinajstić information content (AvgIpc) is 3.20. The van der Waals surface area contributed by atoms with Gasteiger partial charge in [-0.2, -0.15) is 18.4 Å². The van der Waals surface area contributed by atoms with E-state index in [1.807, 2.05) is 0 Å². The predicted molar refractivity (Wildman–Crippen MR) is 104 cm³/mol. The van der Waals surface area contributed by atoms with Crippen molar-refractivity contribution in [2.75, 3.05) is 5.32 Å². The number of carbonyl (C=O) groups excluding carboxylic acids is 1. The van der Waals surface area contributed by atoms with Gasteiger partial charge in [-0.25, -0.2) is 0 Å². The minimum atomic E-state index is -4.50. The van der Waals surface area contributed by atoms with Crippen LogP contribution in [0.4, 0.5) is 24.5 Å². The van der Waals surface area contributed by atoms with Gasteiger partial charge in [0.25, 0.3) is 11.6 Å². The van der Waals surface area contributed by atoms with Gasteiger partial charge in [-0.15, -0.1) is 0 Å². The zero-order valence-corrected chi connectivity index (χ0v) is 15.5. The van der Waals surface area contributed by atoms with E-state index in [-0.39, 0.29) is 34.0 Å². The number of benzene rings is 2. The molecule has 0 saturated carbocycles. The van der Waals surface area contributed by atoms with E-state index in [4.69, 9.17) is 4.42 Å². The lowest BCUT2D eigenvalue weighted by Gasteiger charge is -2.07. The summed E-state index contributed by atoms with van der Waals surface area (Å²) in [6, 6.07) is 14.1. The lowest BCUT2D eigenvalue weighted by Crippen LogP contribution is -2.13. The second-order valence-electron chi connectivity index (χ2n) is 6.21. The molecule has 0 unspecified atom stereocenters. The fourth-order valence-electron chi connectivity index (χ4n) is 2.59. The molecule has 1 aromatic heterocycles. The summed E-state index contributed by atoms with van der Waals surface area (Å²) in [4.78, 5) is 22.4. The maximum atomic E-state index is 12.9. The molecule has 0 fully saturated rings. The van der Waals surface area contributed by atoms with Crippen molar-refractivity contribution in [2.24, 2.45) is 0 Å². The van der Waals surface area contributed by atoms with Crippen LogP contribution >= 0.6 is 0 Å². The second kappa shape index (κ2) is 8.54. The van der Waals surface area contributed by atoms with Gasteiger partial charge in [0.2, 0.25) is 0 Å². The summed E-state index contributed by atoms with van der Waals surface area (Å²) in [7, 11) is 0. The summed E-state index contributed by atoms with van der Waals surface area (Å²) >= 11 is 0. The van der Waals surface area contributed by atoms with E-state index >= 15 is 0 Å². The molecule has 31 heavy (non-hydrogen) atoms. The molecule has 0 spiro atoms. The molecule has 10 heteroatoms. The molecule has 1 heterocycles. The number of nitro benzene ring substituents is 1. The van der Waals surface area contributed by atoms with Gasteiger partial charge in [-0.1, -0.05) is 12.1 Å². The number of alkyl halides is 3. The smallest absolute Gasteiger partial charge is 0.416 e. The number of nitrogens with zero attached hydrogens (tertiary/aromatic N) is 2. The molecule has 1 N–H and O–H groups in total. The largest absolute Gasteiger partial charge is 0.457 e. The van der Waals surface area contributed by atoms with E-state index in [9.17, 15) is 33.3 Å². The number of hydrogen-bond acceptors (Lipinski definition) is 5. The van der Waals surface area contributed by atoms with Crippen LogP contribution < -0.4 is 5.32 Å². The first-order valence-corrected chi connectivity index (χ1v) is 8.62. The molecule has 0 aliphatic heterocycles. The van der Waals surface area contributed by atoms with Crippen molar-refractivity contribution in [3.63, 3.8) is 0 Å². The molecule has 0 aliphatic carbocycles. The summed E-state index contributed by atoms with van der Waals surface area (Å²) in [5, 5.41) is 22.4. The minimum Gasteiger partial charge on any atom is -0.457 e. The second-order valence-corrected chi connectivity index (χ2v) is 6.21. The molecule has 156 valence electrons. The highest BCUT2D eigenvalue weighted by Crippen LogP contribution is 2.33. The Morgan fingerprint density at radius 2 is 1.84 bits per heavy atom. The van der Waals surface area contributed by atoms with Gasteiger partial charge in [0, 0.05) is 29.5 Å². The predicted octanol–water partition coefficient (Wildman–Crippen LogP) is 5.42. The highest BCUT2D eigenvalue weighted by Gasteiger charge is 2.30. The molecule has 3 rings (SSSR count). The Morgan fingerprint density at radius 3 is 2.45 bits per heavy atom. The monoisotopic (exact) mass is 427 g/mol. The number of furan rings is 1. The maximum absolute atomic E-state index is 12.9. The Hall–Kier alpha value is -4.39. The number of non-ortho nitro benzene ring substituents is 1. The molecule has 3 aromatic rings. The van der Waals surface area contributed by atoms with Crippen molar-refractivity contribution in [2.45, 2.75) is 6.18 Å². The first-order chi connectivity index (χ1) is 14.7. The van der Waals surface area contributed by atoms with Crippen LogP contribution in [-0.2, 0) is 11.0 Å². The van der Waals surface area contributed by atoms with Gasteiger partial charge in [0.15, 0.2) is 0 Å². The zero-order valence-electron chi connectivity index (χ0n) is 15.5. The summed E-state index contributed by atoms with van der Waals surface area (Å²) in [5.41, 5.74) is -0.905. The first kappa shape index (κ1) is 21.3. The third-order valence-corrected chi connectivity index (χ3v) is 4.09. The van der Waals surface area contributed by atoms with E-state index in [1.54, 1.807) is 6.07 Å². The normalized spacial score (nSPS) is 11.6. The van der Waals surface area contributed by atoms with E-state index in [2.05, 4.69) is 5.32 Å². The minimum absolute atomic E-state index is 0.0859. The Bertz CT molecular complexity index is 1210.